The van der Waals surface area contributed by atoms with E-state index in [9.17, 15) is 14.9 Å². The molecule has 0 saturated heterocycles. The van der Waals surface area contributed by atoms with Crippen molar-refractivity contribution in [2.24, 2.45) is 0 Å². The van der Waals surface area contributed by atoms with Crippen LogP contribution in [0.25, 0.3) is 0 Å². The number of aryl methyl sites for hydroxylation is 2. The summed E-state index contributed by atoms with van der Waals surface area (Å²) < 4.78 is 1.56. The van der Waals surface area contributed by atoms with Crippen molar-refractivity contribution < 1.29 is 9.72 Å². The van der Waals surface area contributed by atoms with Crippen LogP contribution in [0.4, 0.5) is 11.4 Å². The van der Waals surface area contributed by atoms with E-state index in [1.165, 1.54) is 18.2 Å². The fraction of sp³-hybridized carbons (Fsp3) is 0.231. The van der Waals surface area contributed by atoms with E-state index >= 15 is 0 Å². The molecule has 0 bridgehead atoms. The lowest BCUT2D eigenvalue weighted by atomic mass is 10.2. The standard InChI is InChI=1S/C13H12Cl2N4O3/c1-8-11(15)7-18(17-8)5-4-13(20)16-12-6-9(19(21)22)2-3-10(12)14/h2-3,6-7H,4-5H2,1H3,(H,16,20). The van der Waals surface area contributed by atoms with Gasteiger partial charge in [0.05, 0.1) is 26.3 Å². The van der Waals surface area contributed by atoms with Crippen LogP contribution >= 0.6 is 23.2 Å². The Morgan fingerprint density at radius 1 is 1.41 bits per heavy atom. The minimum absolute atomic E-state index is 0.135. The van der Waals surface area contributed by atoms with E-state index in [4.69, 9.17) is 23.2 Å². The number of hydrogen-bond acceptors (Lipinski definition) is 4. The third-order valence-corrected chi connectivity index (χ3v) is 3.59. The van der Waals surface area contributed by atoms with Crippen molar-refractivity contribution in [2.75, 3.05) is 5.32 Å². The molecule has 0 radical (unpaired) electrons. The Labute approximate surface area is 136 Å². The number of nitrogens with zero attached hydrogens (tertiary/aromatic N) is 3. The Morgan fingerprint density at radius 2 is 2.14 bits per heavy atom. The molecule has 22 heavy (non-hydrogen) atoms. The molecular weight excluding hydrogens is 331 g/mol. The SMILES string of the molecule is Cc1nn(CCC(=O)Nc2cc([N+](=O)[O-])ccc2Cl)cc1Cl. The van der Waals surface area contributed by atoms with Crippen LogP contribution in [0.3, 0.4) is 0 Å². The van der Waals surface area contributed by atoms with Crippen molar-refractivity contribution in [3.8, 4) is 0 Å². The highest BCUT2D eigenvalue weighted by Crippen LogP contribution is 2.26. The number of nitrogens with one attached hydrogen (secondary N) is 1. The Balaban J connectivity index is 2.00. The van der Waals surface area contributed by atoms with Gasteiger partial charge in [-0.05, 0) is 13.0 Å². The number of nitro benzene ring substituents is 1. The first-order valence-electron chi connectivity index (χ1n) is 6.30. The van der Waals surface area contributed by atoms with E-state index in [1.807, 2.05) is 0 Å². The molecule has 1 N–H and O–H groups in total. The number of hydrogen-bond donors (Lipinski definition) is 1. The molecule has 7 nitrogen and oxygen atoms in total. The van der Waals surface area contributed by atoms with Crippen LogP contribution in [0.15, 0.2) is 24.4 Å². The number of anilines is 1. The summed E-state index contributed by atoms with van der Waals surface area (Å²) in [7, 11) is 0. The third-order valence-electron chi connectivity index (χ3n) is 2.89. The van der Waals surface area contributed by atoms with Gasteiger partial charge >= 0.3 is 0 Å². The van der Waals surface area contributed by atoms with E-state index in [-0.39, 0.29) is 28.7 Å². The highest BCUT2D eigenvalue weighted by molar-refractivity contribution is 6.33. The Morgan fingerprint density at radius 3 is 2.73 bits per heavy atom. The van der Waals surface area contributed by atoms with Crippen LogP contribution in [-0.4, -0.2) is 20.6 Å². The lowest BCUT2D eigenvalue weighted by Gasteiger charge is -2.07. The van der Waals surface area contributed by atoms with Gasteiger partial charge in [-0.3, -0.25) is 19.6 Å². The minimum atomic E-state index is -0.555. The smallest absolute Gasteiger partial charge is 0.271 e. The molecule has 1 heterocycles. The zero-order valence-electron chi connectivity index (χ0n) is 11.5. The van der Waals surface area contributed by atoms with E-state index in [2.05, 4.69) is 10.4 Å². The number of halogens is 2. The molecule has 0 fully saturated rings. The number of non-ortho nitro benzene ring substituents is 1. The summed E-state index contributed by atoms with van der Waals surface area (Å²) in [5.74, 6) is -0.327. The topological polar surface area (TPSA) is 90.1 Å². The largest absolute Gasteiger partial charge is 0.325 e. The van der Waals surface area contributed by atoms with Crippen LogP contribution in [0, 0.1) is 17.0 Å². The monoisotopic (exact) mass is 342 g/mol. The van der Waals surface area contributed by atoms with Crippen LogP contribution in [0.5, 0.6) is 0 Å². The number of rotatable bonds is 5. The van der Waals surface area contributed by atoms with Gasteiger partial charge in [-0.15, -0.1) is 0 Å². The zero-order valence-corrected chi connectivity index (χ0v) is 13.1. The van der Waals surface area contributed by atoms with Crippen LogP contribution in [0.1, 0.15) is 12.1 Å². The van der Waals surface area contributed by atoms with Crippen LogP contribution in [0.2, 0.25) is 10.0 Å². The van der Waals surface area contributed by atoms with Crippen molar-refractivity contribution in [1.82, 2.24) is 9.78 Å². The first kappa shape index (κ1) is 16.3. The van der Waals surface area contributed by atoms with Gasteiger partial charge in [0.25, 0.3) is 5.69 Å². The molecule has 2 aromatic rings. The summed E-state index contributed by atoms with van der Waals surface area (Å²) in [6.45, 7) is 2.10. The molecule has 0 aliphatic carbocycles. The number of amides is 1. The van der Waals surface area contributed by atoms with E-state index in [0.29, 0.717) is 17.3 Å². The molecule has 0 aliphatic rings. The van der Waals surface area contributed by atoms with Crippen LogP contribution < -0.4 is 5.32 Å². The maximum atomic E-state index is 11.9. The van der Waals surface area contributed by atoms with Crippen LogP contribution in [-0.2, 0) is 11.3 Å². The summed E-state index contributed by atoms with van der Waals surface area (Å²) in [6, 6.07) is 3.85. The highest BCUT2D eigenvalue weighted by atomic mass is 35.5. The normalized spacial score (nSPS) is 10.5. The molecule has 0 atom stereocenters. The van der Waals surface area contributed by atoms with Gasteiger partial charge in [0.15, 0.2) is 0 Å². The van der Waals surface area contributed by atoms with Crippen molar-refractivity contribution >= 4 is 40.5 Å². The average Bonchev–Trinajstić information content (AvgIpc) is 2.78. The molecule has 0 aliphatic heterocycles. The second-order valence-electron chi connectivity index (χ2n) is 4.54. The average molecular weight is 343 g/mol. The number of aromatic nitrogens is 2. The second kappa shape index (κ2) is 6.76. The molecule has 0 saturated carbocycles. The predicted molar refractivity (Wildman–Crippen MR) is 83.3 cm³/mol. The third kappa shape index (κ3) is 3.96. The lowest BCUT2D eigenvalue weighted by molar-refractivity contribution is -0.384. The molecule has 1 aromatic heterocycles. The van der Waals surface area contributed by atoms with Crippen molar-refractivity contribution in [1.29, 1.82) is 0 Å². The van der Waals surface area contributed by atoms with E-state index in [0.717, 1.165) is 0 Å². The summed E-state index contributed by atoms with van der Waals surface area (Å²) in [5.41, 5.74) is 0.744. The number of carbonyl (C=O) groups is 1. The molecule has 0 spiro atoms. The van der Waals surface area contributed by atoms with E-state index in [1.54, 1.807) is 17.8 Å². The Bertz CT molecular complexity index is 711. The van der Waals surface area contributed by atoms with E-state index < -0.39 is 4.92 Å². The quantitative estimate of drug-likeness (QED) is 0.665. The second-order valence-corrected chi connectivity index (χ2v) is 5.36. The first-order valence-corrected chi connectivity index (χ1v) is 7.06. The fourth-order valence-electron chi connectivity index (χ4n) is 1.76. The van der Waals surface area contributed by atoms with Gasteiger partial charge in [-0.25, -0.2) is 0 Å². The first-order chi connectivity index (χ1) is 10.4. The molecular formula is C13H12Cl2N4O3. The number of benzene rings is 1. The lowest BCUT2D eigenvalue weighted by Crippen LogP contribution is -2.15. The molecule has 2 rings (SSSR count). The molecule has 1 aromatic carbocycles. The van der Waals surface area contributed by atoms with Gasteiger partial charge in [-0.2, -0.15) is 5.10 Å². The maximum Gasteiger partial charge on any atom is 0.271 e. The summed E-state index contributed by atoms with van der Waals surface area (Å²) in [5, 5.41) is 18.2. The molecule has 116 valence electrons. The number of carbonyl (C=O) groups excluding carboxylic acids is 1. The highest BCUT2D eigenvalue weighted by Gasteiger charge is 2.12. The molecule has 9 heteroatoms. The zero-order chi connectivity index (χ0) is 16.3. The van der Waals surface area contributed by atoms with Gasteiger partial charge in [0.1, 0.15) is 0 Å². The van der Waals surface area contributed by atoms with Gasteiger partial charge in [0, 0.05) is 31.3 Å². The van der Waals surface area contributed by atoms with Gasteiger partial charge < -0.3 is 5.32 Å². The Kier molecular flexibility index (Phi) is 4.99. The van der Waals surface area contributed by atoms with Gasteiger partial charge in [0.2, 0.25) is 5.91 Å². The number of nitro groups is 1. The van der Waals surface area contributed by atoms with Gasteiger partial charge in [-0.1, -0.05) is 23.2 Å². The minimum Gasteiger partial charge on any atom is -0.325 e. The maximum absolute atomic E-state index is 11.9. The predicted octanol–water partition coefficient (Wildman–Crippen LogP) is 3.44. The van der Waals surface area contributed by atoms with Crippen molar-refractivity contribution in [3.63, 3.8) is 0 Å². The van der Waals surface area contributed by atoms with Crippen molar-refractivity contribution in [2.45, 2.75) is 19.9 Å². The molecule has 0 unspecified atom stereocenters. The summed E-state index contributed by atoms with van der Waals surface area (Å²) in [4.78, 5) is 22.1. The van der Waals surface area contributed by atoms with Crippen molar-refractivity contribution in [3.05, 3.63) is 50.2 Å². The Hall–Kier alpha value is -2.12. The summed E-state index contributed by atoms with van der Waals surface area (Å²) >= 11 is 11.8. The fourth-order valence-corrected chi connectivity index (χ4v) is 2.07. The summed E-state index contributed by atoms with van der Waals surface area (Å²) in [6.07, 6.45) is 1.76. The molecule has 1 amide bonds.